The Balaban J connectivity index is 1.45. The van der Waals surface area contributed by atoms with E-state index in [-0.39, 0.29) is 18.1 Å². The lowest BCUT2D eigenvalue weighted by Crippen LogP contribution is -2.44. The number of anilines is 1. The maximum atomic E-state index is 12.5. The number of furan rings is 1. The maximum Gasteiger partial charge on any atom is 0.257 e. The van der Waals surface area contributed by atoms with Crippen molar-refractivity contribution < 1.29 is 13.9 Å². The Morgan fingerprint density at radius 1 is 1.36 bits per heavy atom. The van der Waals surface area contributed by atoms with Gasteiger partial charge in [0.15, 0.2) is 0 Å². The van der Waals surface area contributed by atoms with Gasteiger partial charge in [-0.15, -0.1) is 0 Å². The molecule has 0 unspecified atom stereocenters. The molecule has 7 heteroatoms. The molecule has 2 aliphatic heterocycles. The lowest BCUT2D eigenvalue weighted by molar-refractivity contribution is 0.000996. The summed E-state index contributed by atoms with van der Waals surface area (Å²) in [5, 5.41) is 0. The molecule has 3 atom stereocenters. The van der Waals surface area contributed by atoms with E-state index in [0.717, 1.165) is 25.1 Å². The van der Waals surface area contributed by atoms with E-state index < -0.39 is 0 Å². The number of fused-ring (bicyclic) bond motifs is 1. The van der Waals surface area contributed by atoms with Gasteiger partial charge >= 0.3 is 0 Å². The minimum Gasteiger partial charge on any atom is -0.472 e. The molecule has 0 spiro atoms. The first-order valence-corrected chi connectivity index (χ1v) is 8.59. The van der Waals surface area contributed by atoms with Gasteiger partial charge in [0.05, 0.1) is 23.6 Å². The average Bonchev–Trinajstić information content (AvgIpc) is 3.30. The zero-order valence-corrected chi connectivity index (χ0v) is 14.5. The molecular weight excluding hydrogens is 320 g/mol. The van der Waals surface area contributed by atoms with Gasteiger partial charge in [0, 0.05) is 39.3 Å². The predicted octanol–water partition coefficient (Wildman–Crippen LogP) is 2.13. The van der Waals surface area contributed by atoms with Crippen molar-refractivity contribution in [3.8, 4) is 0 Å². The number of piperidine rings is 1. The van der Waals surface area contributed by atoms with Crippen LogP contribution in [-0.2, 0) is 4.74 Å². The number of ether oxygens (including phenoxy) is 1. The van der Waals surface area contributed by atoms with E-state index in [9.17, 15) is 4.79 Å². The summed E-state index contributed by atoms with van der Waals surface area (Å²) in [5.41, 5.74) is 1.53. The van der Waals surface area contributed by atoms with Gasteiger partial charge < -0.3 is 19.0 Å². The third-order valence-electron chi connectivity index (χ3n) is 4.97. The summed E-state index contributed by atoms with van der Waals surface area (Å²) in [6, 6.07) is 3.63. The topological polar surface area (TPSA) is 71.7 Å². The van der Waals surface area contributed by atoms with Crippen LogP contribution in [0.4, 0.5) is 5.95 Å². The van der Waals surface area contributed by atoms with E-state index in [1.165, 1.54) is 12.5 Å². The first-order chi connectivity index (χ1) is 12.1. The van der Waals surface area contributed by atoms with Crippen molar-refractivity contribution >= 4 is 11.9 Å². The predicted molar refractivity (Wildman–Crippen MR) is 91.3 cm³/mol. The summed E-state index contributed by atoms with van der Waals surface area (Å²) in [6.45, 7) is 1.43. The molecule has 2 fully saturated rings. The second-order valence-electron chi connectivity index (χ2n) is 6.89. The molecule has 0 aromatic carbocycles. The van der Waals surface area contributed by atoms with Crippen molar-refractivity contribution in [1.29, 1.82) is 0 Å². The molecule has 2 saturated heterocycles. The fourth-order valence-corrected chi connectivity index (χ4v) is 3.66. The van der Waals surface area contributed by atoms with Crippen LogP contribution in [0.1, 0.15) is 35.0 Å². The number of carbonyl (C=O) groups excluding carboxylic acids is 1. The lowest BCUT2D eigenvalue weighted by Gasteiger charge is -2.33. The fourth-order valence-electron chi connectivity index (χ4n) is 3.66. The summed E-state index contributed by atoms with van der Waals surface area (Å²) in [6.07, 6.45) is 6.72. The molecule has 2 aromatic rings. The molecule has 7 nitrogen and oxygen atoms in total. The summed E-state index contributed by atoms with van der Waals surface area (Å²) in [4.78, 5) is 25.2. The minimum atomic E-state index is -0.0272. The Morgan fingerprint density at radius 2 is 2.24 bits per heavy atom. The minimum absolute atomic E-state index is 0.0272. The van der Waals surface area contributed by atoms with Gasteiger partial charge in [0.25, 0.3) is 5.91 Å². The van der Waals surface area contributed by atoms with E-state index in [1.54, 1.807) is 12.3 Å². The second kappa shape index (κ2) is 6.48. The molecule has 0 bridgehead atoms. The molecule has 0 radical (unpaired) electrons. The van der Waals surface area contributed by atoms with Crippen LogP contribution >= 0.6 is 0 Å². The number of amides is 1. The molecule has 4 rings (SSSR count). The van der Waals surface area contributed by atoms with Crippen LogP contribution in [-0.4, -0.2) is 54.1 Å². The number of carbonyl (C=O) groups is 1. The van der Waals surface area contributed by atoms with E-state index in [1.807, 2.05) is 30.0 Å². The van der Waals surface area contributed by atoms with Gasteiger partial charge in [-0.05, 0) is 25.0 Å². The summed E-state index contributed by atoms with van der Waals surface area (Å²) >= 11 is 0. The number of hydrogen-bond acceptors (Lipinski definition) is 6. The van der Waals surface area contributed by atoms with Crippen molar-refractivity contribution in [2.75, 3.05) is 32.1 Å². The quantitative estimate of drug-likeness (QED) is 0.851. The van der Waals surface area contributed by atoms with Crippen LogP contribution in [0.25, 0.3) is 0 Å². The van der Waals surface area contributed by atoms with Crippen LogP contribution in [0.3, 0.4) is 0 Å². The monoisotopic (exact) mass is 342 g/mol. The highest BCUT2D eigenvalue weighted by Gasteiger charge is 2.41. The molecule has 0 aliphatic carbocycles. The number of aromatic nitrogens is 2. The number of rotatable bonds is 3. The van der Waals surface area contributed by atoms with E-state index >= 15 is 0 Å². The second-order valence-corrected chi connectivity index (χ2v) is 6.89. The maximum absolute atomic E-state index is 12.5. The molecule has 2 aromatic heterocycles. The van der Waals surface area contributed by atoms with E-state index in [2.05, 4.69) is 9.97 Å². The fraction of sp³-hybridized carbons (Fsp3) is 0.500. The van der Waals surface area contributed by atoms with Crippen molar-refractivity contribution in [3.63, 3.8) is 0 Å². The largest absolute Gasteiger partial charge is 0.472 e. The zero-order chi connectivity index (χ0) is 17.4. The van der Waals surface area contributed by atoms with Crippen LogP contribution in [0, 0.1) is 5.92 Å². The van der Waals surface area contributed by atoms with Gasteiger partial charge in [0.1, 0.15) is 12.4 Å². The van der Waals surface area contributed by atoms with Crippen LogP contribution < -0.4 is 4.90 Å². The van der Waals surface area contributed by atoms with Gasteiger partial charge in [-0.3, -0.25) is 4.79 Å². The van der Waals surface area contributed by atoms with Crippen molar-refractivity contribution in [2.24, 2.45) is 5.92 Å². The normalized spacial score (nSPS) is 25.7. The highest BCUT2D eigenvalue weighted by molar-refractivity contribution is 5.93. The Bertz CT molecular complexity index is 747. The third-order valence-corrected chi connectivity index (χ3v) is 4.97. The van der Waals surface area contributed by atoms with Crippen molar-refractivity contribution in [3.05, 3.63) is 42.1 Å². The first kappa shape index (κ1) is 16.1. The number of hydrogen-bond donors (Lipinski definition) is 0. The Hall–Kier alpha value is -2.41. The highest BCUT2D eigenvalue weighted by atomic mass is 16.5. The third kappa shape index (κ3) is 3.11. The molecule has 132 valence electrons. The first-order valence-electron chi connectivity index (χ1n) is 8.59. The Kier molecular flexibility index (Phi) is 4.17. The van der Waals surface area contributed by atoms with Crippen molar-refractivity contribution in [2.45, 2.75) is 25.0 Å². The van der Waals surface area contributed by atoms with E-state index in [0.29, 0.717) is 24.0 Å². The number of likely N-dealkylation sites (tertiary alicyclic amines) is 1. The molecule has 25 heavy (non-hydrogen) atoms. The van der Waals surface area contributed by atoms with Crippen molar-refractivity contribution in [1.82, 2.24) is 14.9 Å². The summed E-state index contributed by atoms with van der Waals surface area (Å²) in [5.74, 6) is 1.06. The summed E-state index contributed by atoms with van der Waals surface area (Å²) in [7, 11) is 3.85. The Morgan fingerprint density at radius 3 is 3.00 bits per heavy atom. The van der Waals surface area contributed by atoms with Gasteiger partial charge in [-0.25, -0.2) is 9.97 Å². The molecule has 0 saturated carbocycles. The van der Waals surface area contributed by atoms with Crippen LogP contribution in [0.2, 0.25) is 0 Å². The molecule has 4 heterocycles. The lowest BCUT2D eigenvalue weighted by atomic mass is 9.92. The number of nitrogens with zero attached hydrogens (tertiary/aromatic N) is 4. The van der Waals surface area contributed by atoms with Gasteiger partial charge in [0.2, 0.25) is 5.95 Å². The van der Waals surface area contributed by atoms with Crippen LogP contribution in [0.15, 0.2) is 35.3 Å². The highest BCUT2D eigenvalue weighted by Crippen LogP contribution is 2.40. The average molecular weight is 342 g/mol. The molecule has 2 aliphatic rings. The molecule has 1 amide bonds. The van der Waals surface area contributed by atoms with Gasteiger partial charge in [-0.1, -0.05) is 0 Å². The zero-order valence-electron chi connectivity index (χ0n) is 14.5. The van der Waals surface area contributed by atoms with Gasteiger partial charge in [-0.2, -0.15) is 0 Å². The Labute approximate surface area is 146 Å². The molecule has 0 N–H and O–H groups in total. The smallest absolute Gasteiger partial charge is 0.257 e. The van der Waals surface area contributed by atoms with Crippen LogP contribution in [0.5, 0.6) is 0 Å². The SMILES string of the molecule is CN(C)c1nccc([C@@H]2C[C@@H]3CN(C(=O)c4ccoc4)CC[C@H]3O2)n1. The van der Waals surface area contributed by atoms with E-state index in [4.69, 9.17) is 9.15 Å². The summed E-state index contributed by atoms with van der Waals surface area (Å²) < 4.78 is 11.3. The standard InChI is InChI=1S/C18H22N4O3/c1-21(2)18-19-6-3-14(20-18)16-9-13-10-22(7-4-15(13)25-16)17(23)12-5-8-24-11-12/h3,5-6,8,11,13,15-16H,4,7,9-10H2,1-2H3/t13-,15-,16+/m1/s1. The molecular formula is C18H22N4O3.